The molecular formula is C15H21FN2O. The second-order valence-corrected chi connectivity index (χ2v) is 5.68. The zero-order chi connectivity index (χ0) is 14.1. The smallest absolute Gasteiger partial charge is 0.244 e. The predicted octanol–water partition coefficient (Wildman–Crippen LogP) is 3.06. The number of halogens is 1. The average Bonchev–Trinajstić information content (AvgIpc) is 2.37. The predicted molar refractivity (Wildman–Crippen MR) is 74.2 cm³/mol. The molecule has 3 N–H and O–H groups in total. The fourth-order valence-electron chi connectivity index (χ4n) is 2.99. The van der Waals surface area contributed by atoms with Crippen LogP contribution in [0.25, 0.3) is 0 Å². The molecule has 3 nitrogen and oxygen atoms in total. The average molecular weight is 264 g/mol. The zero-order valence-corrected chi connectivity index (χ0v) is 11.5. The van der Waals surface area contributed by atoms with Gasteiger partial charge >= 0.3 is 0 Å². The van der Waals surface area contributed by atoms with Gasteiger partial charge in [0.15, 0.2) is 0 Å². The Morgan fingerprint density at radius 2 is 1.79 bits per heavy atom. The molecule has 1 aromatic carbocycles. The molecule has 1 aliphatic rings. The van der Waals surface area contributed by atoms with Crippen LogP contribution >= 0.6 is 0 Å². The van der Waals surface area contributed by atoms with Gasteiger partial charge in [-0.2, -0.15) is 0 Å². The Morgan fingerprint density at radius 3 is 2.26 bits per heavy atom. The number of nitrogens with one attached hydrogen (secondary N) is 1. The fourth-order valence-corrected chi connectivity index (χ4v) is 2.99. The van der Waals surface area contributed by atoms with Crippen molar-refractivity contribution in [1.82, 2.24) is 0 Å². The van der Waals surface area contributed by atoms with Crippen LogP contribution in [0, 0.1) is 11.2 Å². The largest absolute Gasteiger partial charge is 0.324 e. The molecular weight excluding hydrogens is 243 g/mol. The molecule has 1 fully saturated rings. The van der Waals surface area contributed by atoms with Crippen LogP contribution in [0.5, 0.6) is 0 Å². The highest BCUT2D eigenvalue weighted by atomic mass is 19.1. The van der Waals surface area contributed by atoms with Crippen molar-refractivity contribution in [2.45, 2.75) is 45.1 Å². The molecule has 0 unspecified atom stereocenters. The van der Waals surface area contributed by atoms with Crippen LogP contribution in [0.2, 0.25) is 0 Å². The summed E-state index contributed by atoms with van der Waals surface area (Å²) < 4.78 is 12.8. The van der Waals surface area contributed by atoms with Crippen molar-refractivity contribution >= 4 is 11.6 Å². The normalized spacial score (nSPS) is 19.6. The molecule has 0 bridgehead atoms. The molecule has 0 aromatic heterocycles. The molecule has 1 aromatic rings. The van der Waals surface area contributed by atoms with Gasteiger partial charge in [-0.05, 0) is 42.5 Å². The van der Waals surface area contributed by atoms with Crippen LogP contribution in [0.4, 0.5) is 10.1 Å². The molecule has 1 saturated carbocycles. The third kappa shape index (κ3) is 2.63. The maximum atomic E-state index is 12.8. The molecule has 2 rings (SSSR count). The first-order valence-corrected chi connectivity index (χ1v) is 6.79. The molecule has 0 heterocycles. The lowest BCUT2D eigenvalue weighted by Crippen LogP contribution is -2.64. The van der Waals surface area contributed by atoms with E-state index in [9.17, 15) is 9.18 Å². The summed E-state index contributed by atoms with van der Waals surface area (Å²) in [4.78, 5) is 12.2. The van der Waals surface area contributed by atoms with Crippen molar-refractivity contribution in [3.8, 4) is 0 Å². The van der Waals surface area contributed by atoms with Crippen LogP contribution < -0.4 is 11.1 Å². The van der Waals surface area contributed by atoms with Crippen molar-refractivity contribution in [2.75, 3.05) is 5.32 Å². The number of hydrogen-bond donors (Lipinski definition) is 2. The van der Waals surface area contributed by atoms with E-state index in [1.807, 2.05) is 0 Å². The Labute approximate surface area is 113 Å². The molecule has 1 aliphatic carbocycles. The second-order valence-electron chi connectivity index (χ2n) is 5.68. The van der Waals surface area contributed by atoms with Gasteiger partial charge in [0.05, 0.1) is 5.54 Å². The van der Waals surface area contributed by atoms with Crippen LogP contribution in [0.1, 0.15) is 39.5 Å². The zero-order valence-electron chi connectivity index (χ0n) is 11.5. The Morgan fingerprint density at radius 1 is 1.26 bits per heavy atom. The van der Waals surface area contributed by atoms with Gasteiger partial charge in [-0.15, -0.1) is 0 Å². The topological polar surface area (TPSA) is 55.1 Å². The number of carbonyl (C=O) groups is 1. The summed E-state index contributed by atoms with van der Waals surface area (Å²) in [6, 6.07) is 5.73. The second kappa shape index (κ2) is 4.93. The standard InChI is InChI=1S/C15H21FN2O/c1-3-14(4-2)9-15(17,10-14)13(19)18-12-7-5-11(16)6-8-12/h5-8H,3-4,9-10,17H2,1-2H3,(H,18,19). The van der Waals surface area contributed by atoms with Gasteiger partial charge in [-0.1, -0.05) is 26.7 Å². The minimum Gasteiger partial charge on any atom is -0.324 e. The third-order valence-corrected chi connectivity index (χ3v) is 4.44. The lowest BCUT2D eigenvalue weighted by Gasteiger charge is -2.53. The monoisotopic (exact) mass is 264 g/mol. The Bertz CT molecular complexity index is 458. The summed E-state index contributed by atoms with van der Waals surface area (Å²) in [5.74, 6) is -0.489. The highest BCUT2D eigenvalue weighted by Crippen LogP contribution is 2.52. The van der Waals surface area contributed by atoms with Gasteiger partial charge in [0.25, 0.3) is 0 Å². The van der Waals surface area contributed by atoms with Gasteiger partial charge in [-0.3, -0.25) is 4.79 Å². The fraction of sp³-hybridized carbons (Fsp3) is 0.533. The summed E-state index contributed by atoms with van der Waals surface area (Å²) in [5, 5.41) is 2.77. The lowest BCUT2D eigenvalue weighted by molar-refractivity contribution is -0.130. The van der Waals surface area contributed by atoms with E-state index >= 15 is 0 Å². The van der Waals surface area contributed by atoms with Crippen molar-refractivity contribution in [3.63, 3.8) is 0 Å². The molecule has 1 amide bonds. The molecule has 0 spiro atoms. The molecule has 19 heavy (non-hydrogen) atoms. The van der Waals surface area contributed by atoms with Crippen LogP contribution in [-0.2, 0) is 4.79 Å². The number of amides is 1. The maximum Gasteiger partial charge on any atom is 0.244 e. The van der Waals surface area contributed by atoms with Gasteiger partial charge in [-0.25, -0.2) is 4.39 Å². The first kappa shape index (κ1) is 14.0. The van der Waals surface area contributed by atoms with E-state index in [4.69, 9.17) is 5.73 Å². The van der Waals surface area contributed by atoms with Crippen molar-refractivity contribution < 1.29 is 9.18 Å². The quantitative estimate of drug-likeness (QED) is 0.878. The molecule has 4 heteroatoms. The highest BCUT2D eigenvalue weighted by Gasteiger charge is 2.54. The number of anilines is 1. The van der Waals surface area contributed by atoms with Crippen molar-refractivity contribution in [2.24, 2.45) is 11.1 Å². The molecule has 0 radical (unpaired) electrons. The van der Waals surface area contributed by atoms with Gasteiger partial charge < -0.3 is 11.1 Å². The van der Waals surface area contributed by atoms with Crippen molar-refractivity contribution in [1.29, 1.82) is 0 Å². The van der Waals surface area contributed by atoms with E-state index in [1.165, 1.54) is 12.1 Å². The minimum atomic E-state index is -0.777. The van der Waals surface area contributed by atoms with Crippen LogP contribution in [-0.4, -0.2) is 11.4 Å². The highest BCUT2D eigenvalue weighted by molar-refractivity contribution is 5.98. The minimum absolute atomic E-state index is 0.170. The molecule has 0 atom stereocenters. The first-order chi connectivity index (χ1) is 8.93. The summed E-state index contributed by atoms with van der Waals surface area (Å²) in [7, 11) is 0. The van der Waals surface area contributed by atoms with Gasteiger partial charge in [0, 0.05) is 5.69 Å². The number of carbonyl (C=O) groups excluding carboxylic acids is 1. The Kier molecular flexibility index (Phi) is 3.63. The third-order valence-electron chi connectivity index (χ3n) is 4.44. The van der Waals surface area contributed by atoms with E-state index in [0.717, 1.165) is 25.7 Å². The maximum absolute atomic E-state index is 12.8. The van der Waals surface area contributed by atoms with E-state index in [0.29, 0.717) is 5.69 Å². The SMILES string of the molecule is CCC1(CC)CC(N)(C(=O)Nc2ccc(F)cc2)C1. The summed E-state index contributed by atoms with van der Waals surface area (Å²) in [6.45, 7) is 4.28. The summed E-state index contributed by atoms with van der Waals surface area (Å²) in [6.07, 6.45) is 3.54. The first-order valence-electron chi connectivity index (χ1n) is 6.79. The van der Waals surface area contributed by atoms with Gasteiger partial charge in [0.1, 0.15) is 5.82 Å². The molecule has 0 aliphatic heterocycles. The lowest BCUT2D eigenvalue weighted by atomic mass is 9.55. The summed E-state index contributed by atoms with van der Waals surface area (Å²) in [5.41, 5.74) is 6.19. The number of nitrogens with two attached hydrogens (primary N) is 1. The van der Waals surface area contributed by atoms with E-state index in [1.54, 1.807) is 12.1 Å². The Hall–Kier alpha value is -1.42. The molecule has 0 saturated heterocycles. The van der Waals surface area contributed by atoms with Crippen LogP contribution in [0.3, 0.4) is 0 Å². The van der Waals surface area contributed by atoms with Crippen molar-refractivity contribution in [3.05, 3.63) is 30.1 Å². The number of rotatable bonds is 4. The summed E-state index contributed by atoms with van der Waals surface area (Å²) >= 11 is 0. The molecule has 104 valence electrons. The Balaban J connectivity index is 2.00. The van der Waals surface area contributed by atoms with E-state index in [2.05, 4.69) is 19.2 Å². The van der Waals surface area contributed by atoms with Gasteiger partial charge in [0.2, 0.25) is 5.91 Å². The number of hydrogen-bond acceptors (Lipinski definition) is 2. The van der Waals surface area contributed by atoms with E-state index < -0.39 is 5.54 Å². The number of benzene rings is 1. The van der Waals surface area contributed by atoms with Crippen LogP contribution in [0.15, 0.2) is 24.3 Å². The van der Waals surface area contributed by atoms with E-state index in [-0.39, 0.29) is 17.1 Å².